The lowest BCUT2D eigenvalue weighted by Crippen LogP contribution is -2.33. The molecule has 0 saturated carbocycles. The molecule has 24 heavy (non-hydrogen) atoms. The van der Waals surface area contributed by atoms with Gasteiger partial charge in [-0.05, 0) is 31.0 Å². The lowest BCUT2D eigenvalue weighted by Gasteiger charge is -2.17. The Kier molecular flexibility index (Phi) is 4.74. The van der Waals surface area contributed by atoms with E-state index in [1.165, 1.54) is 0 Å². The molecule has 6 heteroatoms. The van der Waals surface area contributed by atoms with Gasteiger partial charge < -0.3 is 19.4 Å². The molecule has 1 atom stereocenters. The summed E-state index contributed by atoms with van der Waals surface area (Å²) in [5.41, 5.74) is 1.11. The topological polar surface area (TPSA) is 65.4 Å². The van der Waals surface area contributed by atoms with Crippen LogP contribution in [-0.4, -0.2) is 28.8 Å². The highest BCUT2D eigenvalue weighted by atomic mass is 16.7. The Morgan fingerprint density at radius 2 is 2.08 bits per heavy atom. The van der Waals surface area contributed by atoms with Crippen molar-refractivity contribution in [2.45, 2.75) is 39.2 Å². The molecular weight excluding hydrogens is 306 g/mol. The van der Waals surface area contributed by atoms with E-state index in [2.05, 4.69) is 24.1 Å². The SMILES string of the molecule is CC(C)c1nccn1[C@@H](C)C(=O)NCCc1ccc2c(c1)OCO2. The smallest absolute Gasteiger partial charge is 0.242 e. The van der Waals surface area contributed by atoms with Crippen LogP contribution in [0.2, 0.25) is 0 Å². The Balaban J connectivity index is 1.54. The van der Waals surface area contributed by atoms with Crippen molar-refractivity contribution in [2.24, 2.45) is 0 Å². The highest BCUT2D eigenvalue weighted by Gasteiger charge is 2.19. The number of benzene rings is 1. The number of aromatic nitrogens is 2. The molecule has 2 heterocycles. The Labute approximate surface area is 141 Å². The molecule has 0 unspecified atom stereocenters. The zero-order chi connectivity index (χ0) is 17.1. The summed E-state index contributed by atoms with van der Waals surface area (Å²) in [7, 11) is 0. The van der Waals surface area contributed by atoms with Crippen molar-refractivity contribution in [3.8, 4) is 11.5 Å². The van der Waals surface area contributed by atoms with Crippen molar-refractivity contribution < 1.29 is 14.3 Å². The fourth-order valence-corrected chi connectivity index (χ4v) is 2.80. The average Bonchev–Trinajstić information content (AvgIpc) is 3.22. The Bertz CT molecular complexity index is 724. The van der Waals surface area contributed by atoms with E-state index in [0.29, 0.717) is 6.54 Å². The zero-order valence-electron chi connectivity index (χ0n) is 14.3. The third-order valence-corrected chi connectivity index (χ3v) is 4.16. The Hall–Kier alpha value is -2.50. The first-order chi connectivity index (χ1) is 11.6. The molecule has 1 aromatic heterocycles. The number of rotatable bonds is 6. The molecule has 0 bridgehead atoms. The van der Waals surface area contributed by atoms with Crippen LogP contribution in [0.15, 0.2) is 30.6 Å². The molecular formula is C18H23N3O3. The number of hydrogen-bond acceptors (Lipinski definition) is 4. The predicted octanol–water partition coefficient (Wildman–Crippen LogP) is 2.66. The second kappa shape index (κ2) is 6.95. The molecule has 128 valence electrons. The van der Waals surface area contributed by atoms with E-state index >= 15 is 0 Å². The fourth-order valence-electron chi connectivity index (χ4n) is 2.80. The van der Waals surface area contributed by atoms with Crippen molar-refractivity contribution in [1.29, 1.82) is 0 Å². The maximum absolute atomic E-state index is 12.4. The van der Waals surface area contributed by atoms with Gasteiger partial charge in [-0.15, -0.1) is 0 Å². The van der Waals surface area contributed by atoms with Gasteiger partial charge in [0.1, 0.15) is 11.9 Å². The summed E-state index contributed by atoms with van der Waals surface area (Å²) in [6.07, 6.45) is 4.35. The predicted molar refractivity (Wildman–Crippen MR) is 90.3 cm³/mol. The largest absolute Gasteiger partial charge is 0.454 e. The minimum absolute atomic E-state index is 0.00403. The summed E-state index contributed by atoms with van der Waals surface area (Å²) in [5, 5.41) is 2.99. The number of nitrogens with one attached hydrogen (secondary N) is 1. The average molecular weight is 329 g/mol. The van der Waals surface area contributed by atoms with E-state index < -0.39 is 0 Å². The summed E-state index contributed by atoms with van der Waals surface area (Å²) in [6.45, 7) is 6.89. The van der Waals surface area contributed by atoms with Crippen LogP contribution >= 0.6 is 0 Å². The molecule has 0 spiro atoms. The number of amides is 1. The van der Waals surface area contributed by atoms with E-state index in [0.717, 1.165) is 29.3 Å². The van der Waals surface area contributed by atoms with Crippen LogP contribution in [0.25, 0.3) is 0 Å². The number of fused-ring (bicyclic) bond motifs is 1. The van der Waals surface area contributed by atoms with Crippen LogP contribution in [0.5, 0.6) is 11.5 Å². The van der Waals surface area contributed by atoms with Gasteiger partial charge in [0.2, 0.25) is 12.7 Å². The highest BCUT2D eigenvalue weighted by molar-refractivity contribution is 5.80. The molecule has 0 fully saturated rings. The first-order valence-corrected chi connectivity index (χ1v) is 8.25. The lowest BCUT2D eigenvalue weighted by molar-refractivity contribution is -0.123. The van der Waals surface area contributed by atoms with Crippen LogP contribution in [0.3, 0.4) is 0 Å². The molecule has 1 aliphatic rings. The van der Waals surface area contributed by atoms with Gasteiger partial charge in [0.25, 0.3) is 0 Å². The summed E-state index contributed by atoms with van der Waals surface area (Å²) in [5.74, 6) is 2.75. The quantitative estimate of drug-likeness (QED) is 0.885. The lowest BCUT2D eigenvalue weighted by atomic mass is 10.1. The van der Waals surface area contributed by atoms with Crippen molar-refractivity contribution in [3.63, 3.8) is 0 Å². The second-order valence-electron chi connectivity index (χ2n) is 6.25. The molecule has 2 aromatic rings. The Morgan fingerprint density at radius 1 is 1.29 bits per heavy atom. The first kappa shape index (κ1) is 16.4. The van der Waals surface area contributed by atoms with E-state index in [-0.39, 0.29) is 24.7 Å². The van der Waals surface area contributed by atoms with Gasteiger partial charge in [-0.1, -0.05) is 19.9 Å². The minimum Gasteiger partial charge on any atom is -0.454 e. The number of carbonyl (C=O) groups excluding carboxylic acids is 1. The number of ether oxygens (including phenoxy) is 2. The molecule has 1 aromatic carbocycles. The van der Waals surface area contributed by atoms with Crippen LogP contribution in [0.4, 0.5) is 0 Å². The number of imidazole rings is 1. The summed E-state index contributed by atoms with van der Waals surface area (Å²) in [4.78, 5) is 16.7. The van der Waals surface area contributed by atoms with E-state index in [1.54, 1.807) is 6.20 Å². The summed E-state index contributed by atoms with van der Waals surface area (Å²) >= 11 is 0. The van der Waals surface area contributed by atoms with Gasteiger partial charge in [0.05, 0.1) is 0 Å². The van der Waals surface area contributed by atoms with Crippen molar-refractivity contribution in [1.82, 2.24) is 14.9 Å². The van der Waals surface area contributed by atoms with Gasteiger partial charge in [0, 0.05) is 24.9 Å². The van der Waals surface area contributed by atoms with E-state index in [1.807, 2.05) is 35.9 Å². The number of nitrogens with zero attached hydrogens (tertiary/aromatic N) is 2. The van der Waals surface area contributed by atoms with Crippen molar-refractivity contribution >= 4 is 5.91 Å². The van der Waals surface area contributed by atoms with Crippen LogP contribution < -0.4 is 14.8 Å². The van der Waals surface area contributed by atoms with E-state index in [4.69, 9.17) is 9.47 Å². The van der Waals surface area contributed by atoms with Gasteiger partial charge in [-0.2, -0.15) is 0 Å². The van der Waals surface area contributed by atoms with Crippen LogP contribution in [0.1, 0.15) is 44.1 Å². The summed E-state index contributed by atoms with van der Waals surface area (Å²) in [6, 6.07) is 5.59. The maximum atomic E-state index is 12.4. The van der Waals surface area contributed by atoms with Gasteiger partial charge in [-0.25, -0.2) is 4.98 Å². The van der Waals surface area contributed by atoms with Crippen molar-refractivity contribution in [2.75, 3.05) is 13.3 Å². The fraction of sp³-hybridized carbons (Fsp3) is 0.444. The minimum atomic E-state index is -0.276. The monoisotopic (exact) mass is 329 g/mol. The maximum Gasteiger partial charge on any atom is 0.242 e. The molecule has 1 aliphatic heterocycles. The normalized spacial score (nSPS) is 14.0. The number of carbonyl (C=O) groups is 1. The summed E-state index contributed by atoms with van der Waals surface area (Å²) < 4.78 is 12.6. The first-order valence-electron chi connectivity index (χ1n) is 8.25. The molecule has 0 radical (unpaired) electrons. The molecule has 1 amide bonds. The van der Waals surface area contributed by atoms with Gasteiger partial charge in [0.15, 0.2) is 11.5 Å². The molecule has 3 rings (SSSR count). The standard InChI is InChI=1S/C18H23N3O3/c1-12(2)17-19-8-9-21(17)13(3)18(22)20-7-6-14-4-5-15-16(10-14)24-11-23-15/h4-5,8-10,12-13H,6-7,11H2,1-3H3,(H,20,22)/t13-/m0/s1. The molecule has 0 aliphatic carbocycles. The molecule has 1 N–H and O–H groups in total. The van der Waals surface area contributed by atoms with E-state index in [9.17, 15) is 4.79 Å². The third kappa shape index (κ3) is 3.37. The number of hydrogen-bond donors (Lipinski definition) is 1. The second-order valence-corrected chi connectivity index (χ2v) is 6.25. The van der Waals surface area contributed by atoms with Crippen molar-refractivity contribution in [3.05, 3.63) is 42.0 Å². The molecule has 6 nitrogen and oxygen atoms in total. The van der Waals surface area contributed by atoms with Crippen LogP contribution in [-0.2, 0) is 11.2 Å². The van der Waals surface area contributed by atoms with Crippen LogP contribution in [0, 0.1) is 0 Å². The van der Waals surface area contributed by atoms with Gasteiger partial charge in [-0.3, -0.25) is 4.79 Å². The Morgan fingerprint density at radius 3 is 2.88 bits per heavy atom. The zero-order valence-corrected chi connectivity index (χ0v) is 14.3. The molecule has 0 saturated heterocycles. The van der Waals surface area contributed by atoms with Gasteiger partial charge >= 0.3 is 0 Å². The third-order valence-electron chi connectivity index (χ3n) is 4.16. The highest BCUT2D eigenvalue weighted by Crippen LogP contribution is 2.32.